The molecule has 0 atom stereocenters. The molecule has 0 spiro atoms. The van der Waals surface area contributed by atoms with E-state index in [9.17, 15) is 4.79 Å². The number of aromatic nitrogens is 3. The van der Waals surface area contributed by atoms with Crippen LogP contribution >= 0.6 is 11.3 Å². The minimum Gasteiger partial charge on any atom is -0.338 e. The molecule has 1 amide bonds. The quantitative estimate of drug-likeness (QED) is 0.829. The number of piperidine rings is 1. The van der Waals surface area contributed by atoms with Crippen molar-refractivity contribution in [3.8, 4) is 0 Å². The fourth-order valence-corrected chi connectivity index (χ4v) is 4.22. The number of nitrogens with zero attached hydrogens (tertiary/aromatic N) is 4. The molecule has 2 aromatic heterocycles. The van der Waals surface area contributed by atoms with E-state index in [4.69, 9.17) is 0 Å². The Morgan fingerprint density at radius 3 is 2.71 bits per heavy atom. The SMILES string of the molecule is Cc1nc(C(C)C)sc1C(=O)N1CCC(CCn2cccn2)CC1. The van der Waals surface area contributed by atoms with Gasteiger partial charge in [0.15, 0.2) is 0 Å². The smallest absolute Gasteiger partial charge is 0.265 e. The highest BCUT2D eigenvalue weighted by molar-refractivity contribution is 7.13. The van der Waals surface area contributed by atoms with Crippen LogP contribution in [-0.2, 0) is 6.54 Å². The van der Waals surface area contributed by atoms with Crippen molar-refractivity contribution in [2.24, 2.45) is 5.92 Å². The first kappa shape index (κ1) is 17.1. The molecule has 0 saturated carbocycles. The molecule has 0 radical (unpaired) electrons. The van der Waals surface area contributed by atoms with Crippen LogP contribution in [0.25, 0.3) is 0 Å². The van der Waals surface area contributed by atoms with Crippen molar-refractivity contribution < 1.29 is 4.79 Å². The highest BCUT2D eigenvalue weighted by Gasteiger charge is 2.26. The molecule has 1 saturated heterocycles. The van der Waals surface area contributed by atoms with Gasteiger partial charge in [-0.05, 0) is 38.2 Å². The third-order valence-corrected chi connectivity index (χ3v) is 6.17. The molecule has 0 aliphatic carbocycles. The summed E-state index contributed by atoms with van der Waals surface area (Å²) in [6.45, 7) is 8.88. The van der Waals surface area contributed by atoms with Gasteiger partial charge in [0, 0.05) is 37.9 Å². The number of carbonyl (C=O) groups is 1. The fourth-order valence-electron chi connectivity index (χ4n) is 3.18. The van der Waals surface area contributed by atoms with Crippen molar-refractivity contribution in [1.82, 2.24) is 19.7 Å². The number of rotatable bonds is 5. The number of hydrogen-bond donors (Lipinski definition) is 0. The predicted molar refractivity (Wildman–Crippen MR) is 96.4 cm³/mol. The Bertz CT molecular complexity index is 669. The number of aryl methyl sites for hydroxylation is 2. The monoisotopic (exact) mass is 346 g/mol. The number of carbonyl (C=O) groups excluding carboxylic acids is 1. The van der Waals surface area contributed by atoms with E-state index in [0.717, 1.165) is 54.5 Å². The molecular formula is C18H26N4OS. The van der Waals surface area contributed by atoms with Crippen molar-refractivity contribution in [3.05, 3.63) is 34.0 Å². The summed E-state index contributed by atoms with van der Waals surface area (Å²) in [6.07, 6.45) is 7.15. The highest BCUT2D eigenvalue weighted by atomic mass is 32.1. The summed E-state index contributed by atoms with van der Waals surface area (Å²) in [7, 11) is 0. The van der Waals surface area contributed by atoms with Gasteiger partial charge in [0.2, 0.25) is 0 Å². The molecule has 24 heavy (non-hydrogen) atoms. The first-order valence-electron chi connectivity index (χ1n) is 8.78. The normalized spacial score (nSPS) is 16.1. The second-order valence-corrected chi connectivity index (χ2v) is 7.95. The lowest BCUT2D eigenvalue weighted by atomic mass is 9.93. The Balaban J connectivity index is 1.53. The molecule has 130 valence electrons. The van der Waals surface area contributed by atoms with E-state index in [1.165, 1.54) is 0 Å². The topological polar surface area (TPSA) is 51.0 Å². The van der Waals surface area contributed by atoms with Gasteiger partial charge in [-0.15, -0.1) is 11.3 Å². The third kappa shape index (κ3) is 3.86. The number of thiazole rings is 1. The number of likely N-dealkylation sites (tertiary alicyclic amines) is 1. The lowest BCUT2D eigenvalue weighted by molar-refractivity contribution is 0.0688. The highest BCUT2D eigenvalue weighted by Crippen LogP contribution is 2.28. The van der Waals surface area contributed by atoms with E-state index in [1.54, 1.807) is 11.3 Å². The van der Waals surface area contributed by atoms with Gasteiger partial charge in [-0.25, -0.2) is 4.98 Å². The van der Waals surface area contributed by atoms with E-state index >= 15 is 0 Å². The van der Waals surface area contributed by atoms with Crippen molar-refractivity contribution in [1.29, 1.82) is 0 Å². The summed E-state index contributed by atoms with van der Waals surface area (Å²) in [5, 5.41) is 5.32. The lowest BCUT2D eigenvalue weighted by Crippen LogP contribution is -2.38. The van der Waals surface area contributed by atoms with E-state index in [2.05, 4.69) is 23.9 Å². The molecule has 3 heterocycles. The Morgan fingerprint density at radius 1 is 1.38 bits per heavy atom. The van der Waals surface area contributed by atoms with Crippen LogP contribution in [0.2, 0.25) is 0 Å². The predicted octanol–water partition coefficient (Wildman–Crippen LogP) is 3.71. The van der Waals surface area contributed by atoms with Crippen LogP contribution < -0.4 is 0 Å². The zero-order valence-corrected chi connectivity index (χ0v) is 15.6. The second kappa shape index (κ2) is 7.47. The van der Waals surface area contributed by atoms with Crippen molar-refractivity contribution in [3.63, 3.8) is 0 Å². The third-order valence-electron chi connectivity index (χ3n) is 4.73. The van der Waals surface area contributed by atoms with Crippen molar-refractivity contribution >= 4 is 17.2 Å². The van der Waals surface area contributed by atoms with Crippen LogP contribution in [0.15, 0.2) is 18.5 Å². The van der Waals surface area contributed by atoms with Crippen molar-refractivity contribution in [2.75, 3.05) is 13.1 Å². The molecule has 6 heteroatoms. The Hall–Kier alpha value is -1.69. The van der Waals surface area contributed by atoms with Crippen LogP contribution in [0, 0.1) is 12.8 Å². The average molecular weight is 346 g/mol. The largest absolute Gasteiger partial charge is 0.338 e. The summed E-state index contributed by atoms with van der Waals surface area (Å²) in [6, 6.07) is 1.96. The summed E-state index contributed by atoms with van der Waals surface area (Å²) in [4.78, 5) is 20.2. The summed E-state index contributed by atoms with van der Waals surface area (Å²) in [5.41, 5.74) is 0.884. The first-order chi connectivity index (χ1) is 11.5. The minimum absolute atomic E-state index is 0.169. The molecule has 1 fully saturated rings. The van der Waals surface area contributed by atoms with Crippen LogP contribution in [0.5, 0.6) is 0 Å². The van der Waals surface area contributed by atoms with Crippen LogP contribution in [0.1, 0.15) is 59.4 Å². The molecular weight excluding hydrogens is 320 g/mol. The maximum absolute atomic E-state index is 12.8. The fraction of sp³-hybridized carbons (Fsp3) is 0.611. The van der Waals surface area contributed by atoms with Gasteiger partial charge in [-0.1, -0.05) is 13.8 Å². The maximum Gasteiger partial charge on any atom is 0.265 e. The molecule has 0 unspecified atom stereocenters. The van der Waals surface area contributed by atoms with Crippen LogP contribution in [0.4, 0.5) is 0 Å². The summed E-state index contributed by atoms with van der Waals surface area (Å²) in [5.74, 6) is 1.23. The van der Waals surface area contributed by atoms with Gasteiger partial charge in [0.05, 0.1) is 10.7 Å². The van der Waals surface area contributed by atoms with E-state index < -0.39 is 0 Å². The van der Waals surface area contributed by atoms with Gasteiger partial charge in [0.25, 0.3) is 5.91 Å². The molecule has 1 aliphatic rings. The van der Waals surface area contributed by atoms with Gasteiger partial charge in [-0.2, -0.15) is 5.10 Å². The second-order valence-electron chi connectivity index (χ2n) is 6.91. The number of amides is 1. The van der Waals surface area contributed by atoms with E-state index in [-0.39, 0.29) is 5.91 Å². The van der Waals surface area contributed by atoms with Gasteiger partial charge in [0.1, 0.15) is 4.88 Å². The Morgan fingerprint density at radius 2 is 2.12 bits per heavy atom. The van der Waals surface area contributed by atoms with Crippen LogP contribution in [0.3, 0.4) is 0 Å². The molecule has 0 aromatic carbocycles. The molecule has 0 N–H and O–H groups in total. The first-order valence-corrected chi connectivity index (χ1v) is 9.60. The molecule has 2 aromatic rings. The maximum atomic E-state index is 12.8. The van der Waals surface area contributed by atoms with E-state index in [0.29, 0.717) is 11.8 Å². The van der Waals surface area contributed by atoms with Gasteiger partial charge in [-0.3, -0.25) is 9.48 Å². The summed E-state index contributed by atoms with van der Waals surface area (Å²) >= 11 is 1.56. The molecule has 3 rings (SSSR count). The number of hydrogen-bond acceptors (Lipinski definition) is 4. The zero-order chi connectivity index (χ0) is 17.1. The zero-order valence-electron chi connectivity index (χ0n) is 14.7. The van der Waals surface area contributed by atoms with Gasteiger partial charge < -0.3 is 4.90 Å². The lowest BCUT2D eigenvalue weighted by Gasteiger charge is -2.31. The Kier molecular flexibility index (Phi) is 5.33. The molecule has 1 aliphatic heterocycles. The summed E-state index contributed by atoms with van der Waals surface area (Å²) < 4.78 is 1.99. The van der Waals surface area contributed by atoms with E-state index in [1.807, 2.05) is 35.0 Å². The van der Waals surface area contributed by atoms with Crippen LogP contribution in [-0.4, -0.2) is 38.7 Å². The Labute approximate surface area is 147 Å². The minimum atomic E-state index is 0.169. The average Bonchev–Trinajstić information content (AvgIpc) is 3.22. The molecule has 5 nitrogen and oxygen atoms in total. The van der Waals surface area contributed by atoms with Gasteiger partial charge >= 0.3 is 0 Å². The standard InChI is InChI=1S/C18H26N4OS/c1-13(2)17-20-14(3)16(24-17)18(23)21-10-5-15(6-11-21)7-12-22-9-4-8-19-22/h4,8-9,13,15H,5-7,10-12H2,1-3H3. The van der Waals surface area contributed by atoms with Crippen molar-refractivity contribution in [2.45, 2.75) is 52.5 Å². The molecule has 0 bridgehead atoms.